The van der Waals surface area contributed by atoms with Crippen LogP contribution in [0, 0.1) is 5.92 Å². The SMILES string of the molecule is CC(C)COC(=O)c1ccc(NC(=O)c2cc3cc(Br)ccc3o2)cc1. The Morgan fingerprint density at radius 2 is 1.85 bits per heavy atom. The number of furan rings is 1. The van der Waals surface area contributed by atoms with Crippen LogP contribution >= 0.6 is 15.9 Å². The maximum absolute atomic E-state index is 12.4. The Balaban J connectivity index is 1.67. The highest BCUT2D eigenvalue weighted by Crippen LogP contribution is 2.24. The van der Waals surface area contributed by atoms with Gasteiger partial charge in [0.2, 0.25) is 0 Å². The summed E-state index contributed by atoms with van der Waals surface area (Å²) in [4.78, 5) is 24.3. The van der Waals surface area contributed by atoms with Crippen molar-refractivity contribution < 1.29 is 18.7 Å². The Labute approximate surface area is 159 Å². The average molecular weight is 416 g/mol. The topological polar surface area (TPSA) is 68.5 Å². The Kier molecular flexibility index (Phi) is 5.42. The normalized spacial score (nSPS) is 10.9. The number of anilines is 1. The summed E-state index contributed by atoms with van der Waals surface area (Å²) in [6, 6.07) is 13.8. The molecule has 3 aromatic rings. The van der Waals surface area contributed by atoms with Crippen molar-refractivity contribution >= 4 is 44.5 Å². The summed E-state index contributed by atoms with van der Waals surface area (Å²) >= 11 is 3.39. The summed E-state index contributed by atoms with van der Waals surface area (Å²) in [6.45, 7) is 4.32. The lowest BCUT2D eigenvalue weighted by Crippen LogP contribution is -2.12. The predicted octanol–water partition coefficient (Wildman–Crippen LogP) is 5.26. The van der Waals surface area contributed by atoms with Crippen LogP contribution in [0.15, 0.2) is 57.4 Å². The number of nitrogens with one attached hydrogen (secondary N) is 1. The van der Waals surface area contributed by atoms with E-state index >= 15 is 0 Å². The summed E-state index contributed by atoms with van der Waals surface area (Å²) in [7, 11) is 0. The molecule has 1 heterocycles. The quantitative estimate of drug-likeness (QED) is 0.576. The van der Waals surface area contributed by atoms with Gasteiger partial charge in [-0.05, 0) is 54.4 Å². The van der Waals surface area contributed by atoms with Gasteiger partial charge in [-0.25, -0.2) is 4.79 Å². The van der Waals surface area contributed by atoms with E-state index in [-0.39, 0.29) is 23.6 Å². The van der Waals surface area contributed by atoms with Crippen LogP contribution in [0.1, 0.15) is 34.8 Å². The van der Waals surface area contributed by atoms with E-state index in [1.54, 1.807) is 36.4 Å². The number of hydrogen-bond donors (Lipinski definition) is 1. The molecule has 1 aromatic heterocycles. The first-order chi connectivity index (χ1) is 12.4. The maximum Gasteiger partial charge on any atom is 0.338 e. The fraction of sp³-hybridized carbons (Fsp3) is 0.200. The first-order valence-electron chi connectivity index (χ1n) is 8.20. The number of carbonyl (C=O) groups excluding carboxylic acids is 2. The van der Waals surface area contributed by atoms with Crippen molar-refractivity contribution in [3.8, 4) is 0 Å². The third kappa shape index (κ3) is 4.32. The third-order valence-corrected chi connectivity index (χ3v) is 4.12. The van der Waals surface area contributed by atoms with Gasteiger partial charge in [0, 0.05) is 15.5 Å². The standard InChI is InChI=1S/C20H18BrNO4/c1-12(2)11-25-20(24)13-3-6-16(7-4-13)22-19(23)18-10-14-9-15(21)5-8-17(14)26-18/h3-10,12H,11H2,1-2H3,(H,22,23). The lowest BCUT2D eigenvalue weighted by Gasteiger charge is -2.08. The molecule has 0 aliphatic rings. The summed E-state index contributed by atoms with van der Waals surface area (Å²) in [5.41, 5.74) is 1.65. The summed E-state index contributed by atoms with van der Waals surface area (Å²) < 4.78 is 11.7. The minimum Gasteiger partial charge on any atom is -0.462 e. The Bertz CT molecular complexity index is 944. The molecule has 0 saturated carbocycles. The number of esters is 1. The highest BCUT2D eigenvalue weighted by atomic mass is 79.9. The molecule has 0 unspecified atom stereocenters. The van der Waals surface area contributed by atoms with E-state index in [0.29, 0.717) is 23.4 Å². The molecule has 0 aliphatic carbocycles. The molecule has 0 radical (unpaired) electrons. The molecule has 6 heteroatoms. The largest absolute Gasteiger partial charge is 0.462 e. The molecule has 2 aromatic carbocycles. The number of halogens is 1. The van der Waals surface area contributed by atoms with Crippen LogP contribution in [0.4, 0.5) is 5.69 Å². The van der Waals surface area contributed by atoms with Gasteiger partial charge in [0.25, 0.3) is 5.91 Å². The number of benzene rings is 2. The molecular weight excluding hydrogens is 398 g/mol. The second kappa shape index (κ2) is 7.74. The molecule has 1 N–H and O–H groups in total. The van der Waals surface area contributed by atoms with Crippen LogP contribution in [0.3, 0.4) is 0 Å². The van der Waals surface area contributed by atoms with Crippen molar-refractivity contribution in [2.24, 2.45) is 5.92 Å². The molecule has 5 nitrogen and oxygen atoms in total. The molecule has 0 fully saturated rings. The molecule has 26 heavy (non-hydrogen) atoms. The first-order valence-corrected chi connectivity index (χ1v) is 8.99. The van der Waals surface area contributed by atoms with Crippen molar-refractivity contribution in [3.63, 3.8) is 0 Å². The van der Waals surface area contributed by atoms with E-state index < -0.39 is 0 Å². The van der Waals surface area contributed by atoms with Crippen molar-refractivity contribution in [2.45, 2.75) is 13.8 Å². The van der Waals surface area contributed by atoms with E-state index in [1.807, 2.05) is 26.0 Å². The zero-order valence-corrected chi connectivity index (χ0v) is 16.0. The molecule has 0 saturated heterocycles. The zero-order valence-electron chi connectivity index (χ0n) is 14.4. The average Bonchev–Trinajstić information content (AvgIpc) is 3.03. The van der Waals surface area contributed by atoms with Crippen molar-refractivity contribution in [1.82, 2.24) is 0 Å². The predicted molar refractivity (Wildman–Crippen MR) is 103 cm³/mol. The lowest BCUT2D eigenvalue weighted by atomic mass is 10.2. The molecular formula is C20H18BrNO4. The highest BCUT2D eigenvalue weighted by molar-refractivity contribution is 9.10. The van der Waals surface area contributed by atoms with Gasteiger partial charge in [0.05, 0.1) is 12.2 Å². The van der Waals surface area contributed by atoms with E-state index in [1.165, 1.54) is 0 Å². The number of ether oxygens (including phenoxy) is 1. The van der Waals surface area contributed by atoms with E-state index in [9.17, 15) is 9.59 Å². The monoisotopic (exact) mass is 415 g/mol. The van der Waals surface area contributed by atoms with Crippen LogP contribution in [0.25, 0.3) is 11.0 Å². The van der Waals surface area contributed by atoms with Gasteiger partial charge in [-0.15, -0.1) is 0 Å². The van der Waals surface area contributed by atoms with Gasteiger partial charge in [0.15, 0.2) is 5.76 Å². The molecule has 0 spiro atoms. The number of rotatable bonds is 5. The van der Waals surface area contributed by atoms with Crippen LogP contribution in [0.5, 0.6) is 0 Å². The van der Waals surface area contributed by atoms with Crippen molar-refractivity contribution in [3.05, 3.63) is 64.3 Å². The molecule has 134 valence electrons. The van der Waals surface area contributed by atoms with Crippen molar-refractivity contribution in [1.29, 1.82) is 0 Å². The Morgan fingerprint density at radius 3 is 2.54 bits per heavy atom. The lowest BCUT2D eigenvalue weighted by molar-refractivity contribution is 0.0459. The minimum absolute atomic E-state index is 0.221. The van der Waals surface area contributed by atoms with Crippen molar-refractivity contribution in [2.75, 3.05) is 11.9 Å². The smallest absolute Gasteiger partial charge is 0.338 e. The Hall–Kier alpha value is -2.60. The molecule has 0 atom stereocenters. The molecule has 1 amide bonds. The fourth-order valence-corrected chi connectivity index (χ4v) is 2.71. The Morgan fingerprint density at radius 1 is 1.12 bits per heavy atom. The van der Waals surface area contributed by atoms with Gasteiger partial charge in [0.1, 0.15) is 5.58 Å². The van der Waals surface area contributed by atoms with Crippen LogP contribution in [-0.4, -0.2) is 18.5 Å². The molecule has 0 bridgehead atoms. The minimum atomic E-state index is -0.376. The number of carbonyl (C=O) groups is 2. The van der Waals surface area contributed by atoms with Gasteiger partial charge in [-0.2, -0.15) is 0 Å². The second-order valence-corrected chi connectivity index (χ2v) is 7.23. The number of hydrogen-bond acceptors (Lipinski definition) is 4. The van der Waals surface area contributed by atoms with Gasteiger partial charge >= 0.3 is 5.97 Å². The maximum atomic E-state index is 12.4. The second-order valence-electron chi connectivity index (χ2n) is 6.32. The van der Waals surface area contributed by atoms with Crippen LogP contribution in [-0.2, 0) is 4.74 Å². The number of fused-ring (bicyclic) bond motifs is 1. The third-order valence-electron chi connectivity index (χ3n) is 3.63. The fourth-order valence-electron chi connectivity index (χ4n) is 2.33. The van der Waals surface area contributed by atoms with Gasteiger partial charge in [-0.1, -0.05) is 29.8 Å². The summed E-state index contributed by atoms with van der Waals surface area (Å²) in [5, 5.41) is 3.59. The van der Waals surface area contributed by atoms with E-state index in [0.717, 1.165) is 9.86 Å². The zero-order chi connectivity index (χ0) is 18.7. The first kappa shape index (κ1) is 18.2. The summed E-state index contributed by atoms with van der Waals surface area (Å²) in [6.07, 6.45) is 0. The number of amides is 1. The van der Waals surface area contributed by atoms with E-state index in [4.69, 9.17) is 9.15 Å². The van der Waals surface area contributed by atoms with Gasteiger partial charge in [-0.3, -0.25) is 4.79 Å². The van der Waals surface area contributed by atoms with Crippen LogP contribution < -0.4 is 5.32 Å². The van der Waals surface area contributed by atoms with E-state index in [2.05, 4.69) is 21.2 Å². The molecule has 3 rings (SSSR count). The molecule has 0 aliphatic heterocycles. The van der Waals surface area contributed by atoms with Crippen LogP contribution in [0.2, 0.25) is 0 Å². The highest BCUT2D eigenvalue weighted by Gasteiger charge is 2.14. The summed E-state index contributed by atoms with van der Waals surface area (Å²) in [5.74, 6) is -0.229. The van der Waals surface area contributed by atoms with Gasteiger partial charge < -0.3 is 14.5 Å².